The van der Waals surface area contributed by atoms with Crippen molar-refractivity contribution in [2.24, 2.45) is 10.9 Å². The Kier molecular flexibility index (Phi) is 3.84. The fraction of sp³-hybridized carbons (Fsp3) is 0.125. The molecule has 0 fully saturated rings. The lowest BCUT2D eigenvalue weighted by molar-refractivity contribution is -0.0499. The van der Waals surface area contributed by atoms with Crippen LogP contribution in [0, 0.1) is 0 Å². The average molecular weight is 281 g/mol. The van der Waals surface area contributed by atoms with Crippen LogP contribution in [0.4, 0.5) is 8.78 Å². The molecule has 7 heteroatoms. The number of oxime groups is 1. The Morgan fingerprint density at radius 1 is 1.53 bits per heavy atom. The molecule has 0 aromatic heterocycles. The van der Waals surface area contributed by atoms with Gasteiger partial charge in [0.15, 0.2) is 5.84 Å². The number of hydrogen-bond acceptors (Lipinski definition) is 3. The Balaban J connectivity index is 3.14. The van der Waals surface area contributed by atoms with Crippen LogP contribution in [0.3, 0.4) is 0 Å². The first-order valence-corrected chi connectivity index (χ1v) is 4.56. The molecular weight excluding hydrogens is 274 g/mol. The first kappa shape index (κ1) is 11.7. The smallest absolute Gasteiger partial charge is 0.387 e. The van der Waals surface area contributed by atoms with Crippen LogP contribution in [0.25, 0.3) is 0 Å². The molecule has 1 aromatic rings. The first-order valence-electron chi connectivity index (χ1n) is 3.77. The van der Waals surface area contributed by atoms with E-state index in [0.717, 1.165) is 0 Å². The highest BCUT2D eigenvalue weighted by atomic mass is 79.9. The number of halogens is 3. The summed E-state index contributed by atoms with van der Waals surface area (Å²) in [6.07, 6.45) is 0. The van der Waals surface area contributed by atoms with Crippen LogP contribution in [0.2, 0.25) is 0 Å². The first-order chi connectivity index (χ1) is 7.04. The van der Waals surface area contributed by atoms with Crippen molar-refractivity contribution in [1.82, 2.24) is 0 Å². The second-order valence-corrected chi connectivity index (χ2v) is 3.42. The Morgan fingerprint density at radius 2 is 2.20 bits per heavy atom. The summed E-state index contributed by atoms with van der Waals surface area (Å²) in [5, 5.41) is 11.2. The molecule has 0 saturated heterocycles. The van der Waals surface area contributed by atoms with Gasteiger partial charge in [-0.1, -0.05) is 21.1 Å². The van der Waals surface area contributed by atoms with Crippen LogP contribution in [-0.2, 0) is 0 Å². The number of benzene rings is 1. The van der Waals surface area contributed by atoms with Gasteiger partial charge >= 0.3 is 6.61 Å². The fourth-order valence-corrected chi connectivity index (χ4v) is 1.32. The molecule has 82 valence electrons. The van der Waals surface area contributed by atoms with Crippen molar-refractivity contribution >= 4 is 21.8 Å². The zero-order valence-corrected chi connectivity index (χ0v) is 8.91. The summed E-state index contributed by atoms with van der Waals surface area (Å²) >= 11 is 3.12. The second kappa shape index (κ2) is 4.92. The second-order valence-electron chi connectivity index (χ2n) is 2.50. The molecule has 1 rings (SSSR count). The highest BCUT2D eigenvalue weighted by Gasteiger charge is 2.13. The lowest BCUT2D eigenvalue weighted by Crippen LogP contribution is -2.16. The Bertz CT molecular complexity index is 385. The molecule has 0 radical (unpaired) electrons. The van der Waals surface area contributed by atoms with Crippen LogP contribution >= 0.6 is 15.9 Å². The van der Waals surface area contributed by atoms with Gasteiger partial charge in [-0.25, -0.2) is 0 Å². The monoisotopic (exact) mass is 280 g/mol. The van der Waals surface area contributed by atoms with Gasteiger partial charge < -0.3 is 15.7 Å². The summed E-state index contributed by atoms with van der Waals surface area (Å²) < 4.78 is 28.8. The molecule has 15 heavy (non-hydrogen) atoms. The molecule has 0 unspecified atom stereocenters. The van der Waals surface area contributed by atoms with Crippen LogP contribution < -0.4 is 10.5 Å². The van der Waals surface area contributed by atoms with Gasteiger partial charge in [0.2, 0.25) is 0 Å². The molecule has 0 atom stereocenters. The summed E-state index contributed by atoms with van der Waals surface area (Å²) in [4.78, 5) is 0. The van der Waals surface area contributed by atoms with Gasteiger partial charge in [-0.15, -0.1) is 0 Å². The Hall–Kier alpha value is -1.37. The number of rotatable bonds is 3. The van der Waals surface area contributed by atoms with Crippen molar-refractivity contribution in [3.8, 4) is 5.75 Å². The van der Waals surface area contributed by atoms with Crippen LogP contribution in [0.1, 0.15) is 5.56 Å². The van der Waals surface area contributed by atoms with E-state index in [-0.39, 0.29) is 17.1 Å². The van der Waals surface area contributed by atoms with Crippen molar-refractivity contribution in [3.63, 3.8) is 0 Å². The van der Waals surface area contributed by atoms with E-state index in [9.17, 15) is 8.78 Å². The van der Waals surface area contributed by atoms with E-state index in [1.165, 1.54) is 18.2 Å². The Labute approximate surface area is 92.5 Å². The van der Waals surface area contributed by atoms with Crippen molar-refractivity contribution in [1.29, 1.82) is 0 Å². The summed E-state index contributed by atoms with van der Waals surface area (Å²) in [6.45, 7) is -2.96. The van der Waals surface area contributed by atoms with Crippen molar-refractivity contribution in [2.45, 2.75) is 6.61 Å². The molecule has 3 N–H and O–H groups in total. The van der Waals surface area contributed by atoms with E-state index in [0.29, 0.717) is 4.47 Å². The summed E-state index contributed by atoms with van der Waals surface area (Å²) in [5.74, 6) is -0.449. The molecule has 0 spiro atoms. The normalized spacial score (nSPS) is 11.9. The standard InChI is InChI=1S/C8H7BrF2N2O2/c9-4-1-2-6(15-8(10)11)5(3-4)7(12)13-14/h1-3,8,14H,(H2,12,13). The molecule has 4 nitrogen and oxygen atoms in total. The maximum Gasteiger partial charge on any atom is 0.387 e. The quantitative estimate of drug-likeness (QED) is 0.386. The van der Waals surface area contributed by atoms with Crippen molar-refractivity contribution in [2.75, 3.05) is 0 Å². The van der Waals surface area contributed by atoms with Gasteiger partial charge in [0, 0.05) is 4.47 Å². The Morgan fingerprint density at radius 3 is 2.73 bits per heavy atom. The summed E-state index contributed by atoms with van der Waals surface area (Å²) in [6, 6.07) is 4.21. The molecule has 0 aliphatic heterocycles. The van der Waals surface area contributed by atoms with Crippen LogP contribution in [0.15, 0.2) is 27.8 Å². The SMILES string of the molecule is N/C(=N/O)c1cc(Br)ccc1OC(F)F. The van der Waals surface area contributed by atoms with E-state index in [1.54, 1.807) is 0 Å². The molecule has 0 aliphatic rings. The average Bonchev–Trinajstić information content (AvgIpc) is 2.19. The van der Waals surface area contributed by atoms with E-state index in [1.807, 2.05) is 0 Å². The predicted octanol–water partition coefficient (Wildman–Crippen LogP) is 2.15. The minimum atomic E-state index is -2.96. The third-order valence-corrected chi connectivity index (χ3v) is 2.03. The highest BCUT2D eigenvalue weighted by molar-refractivity contribution is 9.10. The van der Waals surface area contributed by atoms with E-state index < -0.39 is 6.61 Å². The highest BCUT2D eigenvalue weighted by Crippen LogP contribution is 2.24. The predicted molar refractivity (Wildman–Crippen MR) is 53.3 cm³/mol. The van der Waals surface area contributed by atoms with Crippen LogP contribution in [-0.4, -0.2) is 17.7 Å². The molecule has 0 aliphatic carbocycles. The third kappa shape index (κ3) is 3.05. The minimum absolute atomic E-state index is 0.0900. The van der Waals surface area contributed by atoms with Gasteiger partial charge in [-0.05, 0) is 18.2 Å². The number of ether oxygens (including phenoxy) is 1. The topological polar surface area (TPSA) is 67.8 Å². The number of nitrogens with zero attached hydrogens (tertiary/aromatic N) is 1. The fourth-order valence-electron chi connectivity index (χ4n) is 0.955. The van der Waals surface area contributed by atoms with Gasteiger partial charge in [-0.3, -0.25) is 0 Å². The maximum absolute atomic E-state index is 12.0. The third-order valence-electron chi connectivity index (χ3n) is 1.54. The summed E-state index contributed by atoms with van der Waals surface area (Å²) in [7, 11) is 0. The number of alkyl halides is 2. The van der Waals surface area contributed by atoms with E-state index >= 15 is 0 Å². The molecule has 1 aromatic carbocycles. The van der Waals surface area contributed by atoms with E-state index in [4.69, 9.17) is 10.9 Å². The lowest BCUT2D eigenvalue weighted by atomic mass is 10.2. The van der Waals surface area contributed by atoms with Crippen LogP contribution in [0.5, 0.6) is 5.75 Å². The van der Waals surface area contributed by atoms with Gasteiger partial charge in [-0.2, -0.15) is 8.78 Å². The lowest BCUT2D eigenvalue weighted by Gasteiger charge is -2.09. The van der Waals surface area contributed by atoms with Crippen molar-refractivity contribution < 1.29 is 18.7 Å². The molecule has 0 amide bonds. The molecule has 0 saturated carbocycles. The maximum atomic E-state index is 12.0. The number of hydrogen-bond donors (Lipinski definition) is 2. The van der Waals surface area contributed by atoms with E-state index in [2.05, 4.69) is 25.8 Å². The zero-order chi connectivity index (χ0) is 11.4. The van der Waals surface area contributed by atoms with Gasteiger partial charge in [0.1, 0.15) is 5.75 Å². The summed E-state index contributed by atoms with van der Waals surface area (Å²) in [5.41, 5.74) is 5.38. The molecule has 0 bridgehead atoms. The zero-order valence-electron chi connectivity index (χ0n) is 7.32. The van der Waals surface area contributed by atoms with Gasteiger partial charge in [0.25, 0.3) is 0 Å². The number of nitrogens with two attached hydrogens (primary N) is 1. The van der Waals surface area contributed by atoms with Gasteiger partial charge in [0.05, 0.1) is 5.56 Å². The minimum Gasteiger partial charge on any atom is -0.434 e. The van der Waals surface area contributed by atoms with Crippen molar-refractivity contribution in [3.05, 3.63) is 28.2 Å². The molecular formula is C8H7BrF2N2O2. The number of amidine groups is 1. The largest absolute Gasteiger partial charge is 0.434 e. The molecule has 0 heterocycles.